The minimum atomic E-state index is 0.845. The summed E-state index contributed by atoms with van der Waals surface area (Å²) in [5.74, 6) is 0.845. The van der Waals surface area contributed by atoms with Gasteiger partial charge in [-0.25, -0.2) is 0 Å². The van der Waals surface area contributed by atoms with Crippen LogP contribution in [-0.4, -0.2) is 0 Å². The van der Waals surface area contributed by atoms with E-state index in [0.29, 0.717) is 0 Å². The number of hydrogen-bond acceptors (Lipinski definition) is 1. The van der Waals surface area contributed by atoms with E-state index in [-0.39, 0.29) is 0 Å². The Bertz CT molecular complexity index is 110. The third-order valence-electron chi connectivity index (χ3n) is 1.70. The maximum Gasteiger partial charge on any atom is 0.000832 e. The largest absolute Gasteiger partial charge is 0.403 e. The van der Waals surface area contributed by atoms with Crippen molar-refractivity contribution < 1.29 is 0 Å². The number of nitrogens with two attached hydrogens (primary N) is 1. The maximum atomic E-state index is 5.50. The monoisotopic (exact) mass is 155 g/mol. The van der Waals surface area contributed by atoms with Gasteiger partial charge in [-0.3, -0.25) is 0 Å². The van der Waals surface area contributed by atoms with Crippen LogP contribution in [0.25, 0.3) is 0 Å². The third-order valence-corrected chi connectivity index (χ3v) is 1.70. The average molecular weight is 155 g/mol. The van der Waals surface area contributed by atoms with Crippen LogP contribution in [0.2, 0.25) is 0 Å². The predicted molar refractivity (Wildman–Crippen MR) is 51.3 cm³/mol. The van der Waals surface area contributed by atoms with Crippen LogP contribution in [0.3, 0.4) is 0 Å². The molecule has 0 saturated carbocycles. The Morgan fingerprint density at radius 3 is 2.45 bits per heavy atom. The first-order chi connectivity index (χ1) is 5.13. The van der Waals surface area contributed by atoms with Crippen molar-refractivity contribution in [2.24, 2.45) is 11.7 Å². The summed E-state index contributed by atoms with van der Waals surface area (Å²) in [6, 6.07) is 0. The first kappa shape index (κ1) is 10.5. The molecule has 2 N–H and O–H groups in total. The first-order valence-corrected chi connectivity index (χ1v) is 4.55. The summed E-state index contributed by atoms with van der Waals surface area (Å²) in [7, 11) is 0. The van der Waals surface area contributed by atoms with Crippen LogP contribution in [0.5, 0.6) is 0 Å². The highest BCUT2D eigenvalue weighted by Crippen LogP contribution is 2.08. The summed E-state index contributed by atoms with van der Waals surface area (Å²) in [5, 5.41) is 0. The standard InChI is InChI=1S/C10H21N/c1-9(2)7-5-4-6-8-10(3)11/h8-9H,4-7,11H2,1-3H3/b10-8-. The first-order valence-electron chi connectivity index (χ1n) is 4.55. The molecule has 0 amide bonds. The minimum Gasteiger partial charge on any atom is -0.403 e. The minimum absolute atomic E-state index is 0.845. The lowest BCUT2D eigenvalue weighted by Crippen LogP contribution is -1.90. The Morgan fingerprint density at radius 2 is 2.00 bits per heavy atom. The van der Waals surface area contributed by atoms with Crippen molar-refractivity contribution >= 4 is 0 Å². The van der Waals surface area contributed by atoms with E-state index in [0.717, 1.165) is 18.0 Å². The third kappa shape index (κ3) is 9.54. The second-order valence-corrected chi connectivity index (χ2v) is 3.63. The van der Waals surface area contributed by atoms with Crippen LogP contribution >= 0.6 is 0 Å². The van der Waals surface area contributed by atoms with E-state index in [1.165, 1.54) is 19.3 Å². The Kier molecular flexibility index (Phi) is 6.00. The van der Waals surface area contributed by atoms with E-state index in [1.807, 2.05) is 6.92 Å². The molecule has 0 rings (SSSR count). The van der Waals surface area contributed by atoms with Gasteiger partial charge < -0.3 is 5.73 Å². The van der Waals surface area contributed by atoms with Crippen LogP contribution in [0.4, 0.5) is 0 Å². The zero-order valence-electron chi connectivity index (χ0n) is 8.06. The van der Waals surface area contributed by atoms with E-state index in [1.54, 1.807) is 0 Å². The molecule has 0 heterocycles. The summed E-state index contributed by atoms with van der Waals surface area (Å²) < 4.78 is 0. The molecule has 0 aromatic rings. The van der Waals surface area contributed by atoms with Crippen molar-refractivity contribution in [3.05, 3.63) is 11.8 Å². The van der Waals surface area contributed by atoms with Gasteiger partial charge in [0.15, 0.2) is 0 Å². The molecule has 11 heavy (non-hydrogen) atoms. The lowest BCUT2D eigenvalue weighted by molar-refractivity contribution is 0.540. The highest BCUT2D eigenvalue weighted by Gasteiger charge is 1.92. The van der Waals surface area contributed by atoms with Gasteiger partial charge in [0, 0.05) is 5.70 Å². The van der Waals surface area contributed by atoms with Gasteiger partial charge >= 0.3 is 0 Å². The molecule has 0 atom stereocenters. The van der Waals surface area contributed by atoms with Gasteiger partial charge in [-0.05, 0) is 25.7 Å². The summed E-state index contributed by atoms with van der Waals surface area (Å²) in [4.78, 5) is 0. The zero-order valence-corrected chi connectivity index (χ0v) is 8.06. The quantitative estimate of drug-likeness (QED) is 0.607. The van der Waals surface area contributed by atoms with E-state index < -0.39 is 0 Å². The second-order valence-electron chi connectivity index (χ2n) is 3.63. The topological polar surface area (TPSA) is 26.0 Å². The number of unbranched alkanes of at least 4 members (excludes halogenated alkanes) is 2. The van der Waals surface area contributed by atoms with Gasteiger partial charge in [-0.1, -0.05) is 32.8 Å². The van der Waals surface area contributed by atoms with Crippen LogP contribution < -0.4 is 5.73 Å². The van der Waals surface area contributed by atoms with E-state index in [9.17, 15) is 0 Å². The highest BCUT2D eigenvalue weighted by atomic mass is 14.5. The Labute approximate surface area is 70.7 Å². The lowest BCUT2D eigenvalue weighted by atomic mass is 10.1. The number of hydrogen-bond donors (Lipinski definition) is 1. The van der Waals surface area contributed by atoms with Crippen LogP contribution in [0.1, 0.15) is 46.5 Å². The van der Waals surface area contributed by atoms with Crippen LogP contribution in [-0.2, 0) is 0 Å². The molecule has 1 heteroatoms. The molecule has 0 saturated heterocycles. The van der Waals surface area contributed by atoms with Crippen molar-refractivity contribution in [2.45, 2.75) is 46.5 Å². The Morgan fingerprint density at radius 1 is 1.36 bits per heavy atom. The van der Waals surface area contributed by atoms with Gasteiger partial charge in [0.1, 0.15) is 0 Å². The van der Waals surface area contributed by atoms with Crippen molar-refractivity contribution in [3.63, 3.8) is 0 Å². The normalized spacial score (nSPS) is 12.5. The summed E-state index contributed by atoms with van der Waals surface area (Å²) >= 11 is 0. The molecule has 1 nitrogen and oxygen atoms in total. The summed E-state index contributed by atoms with van der Waals surface area (Å²) in [6.07, 6.45) is 7.22. The van der Waals surface area contributed by atoms with Crippen molar-refractivity contribution in [1.82, 2.24) is 0 Å². The molecule has 0 aliphatic rings. The van der Waals surface area contributed by atoms with Gasteiger partial charge in [0.25, 0.3) is 0 Å². The molecule has 0 bridgehead atoms. The SMILES string of the molecule is C/C(N)=C/CCCCC(C)C. The van der Waals surface area contributed by atoms with Crippen molar-refractivity contribution in [1.29, 1.82) is 0 Å². The van der Waals surface area contributed by atoms with Crippen LogP contribution in [0.15, 0.2) is 11.8 Å². The van der Waals surface area contributed by atoms with Crippen molar-refractivity contribution in [3.8, 4) is 0 Å². The number of allylic oxidation sites excluding steroid dienone is 2. The molecule has 0 spiro atoms. The molecule has 0 radical (unpaired) electrons. The molecule has 66 valence electrons. The van der Waals surface area contributed by atoms with Gasteiger partial charge in [-0.15, -0.1) is 0 Å². The fraction of sp³-hybridized carbons (Fsp3) is 0.800. The molecule has 0 unspecified atom stereocenters. The van der Waals surface area contributed by atoms with Gasteiger partial charge in [-0.2, -0.15) is 0 Å². The molecular formula is C10H21N. The average Bonchev–Trinajstić information content (AvgIpc) is 1.85. The fourth-order valence-corrected chi connectivity index (χ4v) is 1.03. The second kappa shape index (κ2) is 6.26. The Balaban J connectivity index is 3.09. The molecule has 0 aromatic heterocycles. The molecule has 0 aromatic carbocycles. The summed E-state index contributed by atoms with van der Waals surface area (Å²) in [5.41, 5.74) is 6.45. The molecule has 0 aliphatic heterocycles. The van der Waals surface area contributed by atoms with E-state index >= 15 is 0 Å². The number of rotatable bonds is 5. The highest BCUT2D eigenvalue weighted by molar-refractivity contribution is 4.90. The molecule has 0 fully saturated rings. The fourth-order valence-electron chi connectivity index (χ4n) is 1.03. The van der Waals surface area contributed by atoms with E-state index in [2.05, 4.69) is 19.9 Å². The van der Waals surface area contributed by atoms with Crippen molar-refractivity contribution in [2.75, 3.05) is 0 Å². The van der Waals surface area contributed by atoms with Gasteiger partial charge in [0.2, 0.25) is 0 Å². The molecule has 0 aliphatic carbocycles. The zero-order chi connectivity index (χ0) is 8.69. The smallest absolute Gasteiger partial charge is 0.000832 e. The van der Waals surface area contributed by atoms with E-state index in [4.69, 9.17) is 5.73 Å². The van der Waals surface area contributed by atoms with Crippen LogP contribution in [0, 0.1) is 5.92 Å². The summed E-state index contributed by atoms with van der Waals surface area (Å²) in [6.45, 7) is 6.48. The molecular weight excluding hydrogens is 134 g/mol. The van der Waals surface area contributed by atoms with Gasteiger partial charge in [0.05, 0.1) is 0 Å². The maximum absolute atomic E-state index is 5.50. The Hall–Kier alpha value is -0.460. The lowest BCUT2D eigenvalue weighted by Gasteiger charge is -2.01. The predicted octanol–water partition coefficient (Wildman–Crippen LogP) is 3.07.